The Hall–Kier alpha value is -3.27. The van der Waals surface area contributed by atoms with Crippen molar-refractivity contribution in [2.45, 2.75) is 6.92 Å². The van der Waals surface area contributed by atoms with E-state index in [0.717, 1.165) is 22.2 Å². The van der Waals surface area contributed by atoms with Gasteiger partial charge in [0.25, 0.3) is 0 Å². The highest BCUT2D eigenvalue weighted by atomic mass is 27.2. The molecule has 0 aliphatic rings. The van der Waals surface area contributed by atoms with Crippen LogP contribution in [0, 0.1) is 6.92 Å². The van der Waals surface area contributed by atoms with Gasteiger partial charge in [-0.25, -0.2) is 9.97 Å². The fourth-order valence-corrected chi connectivity index (χ4v) is 3.57. The summed E-state index contributed by atoms with van der Waals surface area (Å²) in [6.45, 7) is 1.82. The normalized spacial score (nSPS) is 11.0. The predicted molar refractivity (Wildman–Crippen MR) is 105 cm³/mol. The van der Waals surface area contributed by atoms with Gasteiger partial charge in [0.15, 0.2) is 17.1 Å². The molecule has 0 saturated heterocycles. The quantitative estimate of drug-likeness (QED) is 0.399. The first kappa shape index (κ1) is 16.9. The summed E-state index contributed by atoms with van der Waals surface area (Å²) in [6.07, 6.45) is 0. The largest absolute Gasteiger partial charge is 0.881 e. The van der Waals surface area contributed by atoms with Crippen LogP contribution in [0.2, 0.25) is 0 Å². The Morgan fingerprint density at radius 2 is 1.61 bits per heavy atom. The van der Waals surface area contributed by atoms with E-state index < -0.39 is 15.9 Å². The van der Waals surface area contributed by atoms with E-state index in [0.29, 0.717) is 28.9 Å². The summed E-state index contributed by atoms with van der Waals surface area (Å²) in [6, 6.07) is 20.8. The molecule has 0 saturated carbocycles. The molecule has 0 aliphatic carbocycles. The second-order valence-electron chi connectivity index (χ2n) is 6.18. The lowest BCUT2D eigenvalue weighted by Crippen LogP contribution is -2.11. The molecule has 0 bridgehead atoms. The van der Waals surface area contributed by atoms with Crippen molar-refractivity contribution in [1.29, 1.82) is 0 Å². The summed E-state index contributed by atoms with van der Waals surface area (Å²) in [4.78, 5) is 8.83. The van der Waals surface area contributed by atoms with E-state index in [2.05, 4.69) is 9.97 Å². The number of nitrogens with zero attached hydrogens (tertiary/aromatic N) is 2. The number of aromatic nitrogens is 2. The molecule has 0 fully saturated rings. The third kappa shape index (κ3) is 3.22. The molecule has 2 heterocycles. The van der Waals surface area contributed by atoms with Crippen LogP contribution in [0.3, 0.4) is 0 Å². The summed E-state index contributed by atoms with van der Waals surface area (Å²) in [5.41, 5.74) is 3.84. The Morgan fingerprint density at radius 1 is 0.786 bits per heavy atom. The monoisotopic (exact) mass is 385 g/mol. The van der Waals surface area contributed by atoms with E-state index in [1.807, 2.05) is 73.7 Å². The lowest BCUT2D eigenvalue weighted by Gasteiger charge is -2.10. The number of hydrogen-bond donors (Lipinski definition) is 0. The van der Waals surface area contributed by atoms with Gasteiger partial charge >= 0.3 is 15.9 Å². The lowest BCUT2D eigenvalue weighted by atomic mass is 10.2. The Balaban J connectivity index is 1.35. The van der Waals surface area contributed by atoms with Gasteiger partial charge in [0, 0.05) is 13.0 Å². The third-order valence-electron chi connectivity index (χ3n) is 4.24. The van der Waals surface area contributed by atoms with E-state index in [9.17, 15) is 0 Å². The average Bonchev–Trinajstić information content (AvgIpc) is 3.30. The van der Waals surface area contributed by atoms with Crippen LogP contribution in [0.1, 0.15) is 5.89 Å². The zero-order valence-electron chi connectivity index (χ0n) is 15.0. The molecule has 0 amide bonds. The van der Waals surface area contributed by atoms with Crippen molar-refractivity contribution in [2.24, 2.45) is 0 Å². The standard InChI is InChI=1S/C13H9NO2.C8H7NO2.Al/c15-11-7-3-1-5-9(11)13-14-10-6-2-4-8-12(10)16-13;1-5-9-7-3-2-6(10)4-8(7)11-5;/h1-8,15H;2-4,10H,1H3;/q;;+2/p-2. The van der Waals surface area contributed by atoms with Crippen molar-refractivity contribution in [3.8, 4) is 23.0 Å². The molecule has 0 spiro atoms. The van der Waals surface area contributed by atoms with Crippen molar-refractivity contribution < 1.29 is 16.4 Å². The fraction of sp³-hybridized carbons (Fsp3) is 0.0476. The molecule has 5 rings (SSSR count). The minimum absolute atomic E-state index is 0.523. The Labute approximate surface area is 167 Å². The zero-order chi connectivity index (χ0) is 18.9. The Morgan fingerprint density at radius 3 is 2.54 bits per heavy atom. The second kappa shape index (κ2) is 7.04. The summed E-state index contributed by atoms with van der Waals surface area (Å²) in [7, 11) is 0. The van der Waals surface area contributed by atoms with Crippen molar-refractivity contribution in [1.82, 2.24) is 9.97 Å². The van der Waals surface area contributed by atoms with E-state index in [1.165, 1.54) is 0 Å². The van der Waals surface area contributed by atoms with Crippen LogP contribution in [0.15, 0.2) is 75.6 Å². The molecular formula is C21H14AlN2O4. The molecule has 2 aromatic heterocycles. The molecule has 7 heteroatoms. The number of fused-ring (bicyclic) bond motifs is 2. The second-order valence-corrected chi connectivity index (χ2v) is 6.84. The van der Waals surface area contributed by atoms with Crippen LogP contribution in [-0.2, 0) is 0 Å². The minimum atomic E-state index is -0.784. The molecular weight excluding hydrogens is 371 g/mol. The van der Waals surface area contributed by atoms with Gasteiger partial charge in [0.1, 0.15) is 11.0 Å². The topological polar surface area (TPSA) is 70.5 Å². The molecule has 0 atom stereocenters. The number of para-hydroxylation sites is 3. The van der Waals surface area contributed by atoms with Gasteiger partial charge in [-0.2, -0.15) is 0 Å². The van der Waals surface area contributed by atoms with Crippen molar-refractivity contribution in [3.05, 3.63) is 72.6 Å². The number of rotatable bonds is 5. The predicted octanol–water partition coefficient (Wildman–Crippen LogP) is 4.94. The highest BCUT2D eigenvalue weighted by Crippen LogP contribution is 2.31. The van der Waals surface area contributed by atoms with Gasteiger partial charge < -0.3 is 16.4 Å². The number of aryl methyl sites for hydroxylation is 1. The Bertz CT molecular complexity index is 1240. The van der Waals surface area contributed by atoms with Gasteiger partial charge in [-0.05, 0) is 36.4 Å². The lowest BCUT2D eigenvalue weighted by molar-refractivity contribution is 0.458. The summed E-state index contributed by atoms with van der Waals surface area (Å²) in [5, 5.41) is 0. The summed E-state index contributed by atoms with van der Waals surface area (Å²) < 4.78 is 23.1. The molecule has 6 nitrogen and oxygen atoms in total. The number of oxazole rings is 2. The van der Waals surface area contributed by atoms with Gasteiger partial charge in [-0.3, -0.25) is 0 Å². The van der Waals surface area contributed by atoms with Gasteiger partial charge in [0.05, 0.1) is 17.1 Å². The molecule has 0 N–H and O–H groups in total. The van der Waals surface area contributed by atoms with Gasteiger partial charge in [-0.1, -0.05) is 24.3 Å². The SMILES string of the molecule is Cc1nc2ccc([O][Al][O]c3ccccc3-c3nc4ccccc4o3)cc2o1. The molecule has 5 aromatic rings. The highest BCUT2D eigenvalue weighted by molar-refractivity contribution is 6.21. The molecule has 28 heavy (non-hydrogen) atoms. The van der Waals surface area contributed by atoms with Gasteiger partial charge in [0.2, 0.25) is 5.89 Å². The average molecular weight is 385 g/mol. The van der Waals surface area contributed by atoms with Crippen LogP contribution < -0.4 is 7.58 Å². The maximum atomic E-state index is 5.92. The molecule has 135 valence electrons. The number of hydrogen-bond acceptors (Lipinski definition) is 6. The Kier molecular flexibility index (Phi) is 4.24. The van der Waals surface area contributed by atoms with Crippen LogP contribution in [0.5, 0.6) is 11.5 Å². The third-order valence-corrected chi connectivity index (χ3v) is 4.96. The zero-order valence-corrected chi connectivity index (χ0v) is 16.1. The molecule has 0 unspecified atom stereocenters. The van der Waals surface area contributed by atoms with E-state index in [-0.39, 0.29) is 0 Å². The maximum absolute atomic E-state index is 5.92. The number of benzene rings is 3. The molecule has 3 aromatic carbocycles. The van der Waals surface area contributed by atoms with E-state index >= 15 is 0 Å². The van der Waals surface area contributed by atoms with Crippen molar-refractivity contribution >= 4 is 38.1 Å². The molecule has 0 aliphatic heterocycles. The maximum Gasteiger partial charge on any atom is 0.881 e. The first-order valence-electron chi connectivity index (χ1n) is 8.73. The van der Waals surface area contributed by atoms with Crippen molar-refractivity contribution in [2.75, 3.05) is 0 Å². The first-order chi connectivity index (χ1) is 13.8. The highest BCUT2D eigenvalue weighted by Gasteiger charge is 2.15. The summed E-state index contributed by atoms with van der Waals surface area (Å²) >= 11 is -0.784. The summed E-state index contributed by atoms with van der Waals surface area (Å²) in [5.74, 6) is 2.50. The van der Waals surface area contributed by atoms with E-state index in [1.54, 1.807) is 0 Å². The minimum Gasteiger partial charge on any atom is -0.616 e. The molecule has 1 radical (unpaired) electrons. The first-order valence-corrected chi connectivity index (χ1v) is 9.68. The van der Waals surface area contributed by atoms with Crippen molar-refractivity contribution in [3.63, 3.8) is 0 Å². The fourth-order valence-electron chi connectivity index (χ4n) is 2.96. The van der Waals surface area contributed by atoms with Crippen LogP contribution >= 0.6 is 0 Å². The smallest absolute Gasteiger partial charge is 0.616 e. The van der Waals surface area contributed by atoms with Crippen LogP contribution in [0.4, 0.5) is 0 Å². The van der Waals surface area contributed by atoms with Gasteiger partial charge in [-0.15, -0.1) is 0 Å². The van der Waals surface area contributed by atoms with E-state index in [4.69, 9.17) is 16.4 Å². The van der Waals surface area contributed by atoms with Crippen LogP contribution in [0.25, 0.3) is 33.7 Å². The van der Waals surface area contributed by atoms with Crippen LogP contribution in [-0.4, -0.2) is 25.9 Å².